The number of nitrogens with one attached hydrogen (secondary N) is 1. The highest BCUT2D eigenvalue weighted by atomic mass is 35.5. The van der Waals surface area contributed by atoms with E-state index in [1.807, 2.05) is 19.1 Å². The third-order valence-electron chi connectivity index (χ3n) is 2.89. The van der Waals surface area contributed by atoms with Crippen LogP contribution in [0.25, 0.3) is 0 Å². The summed E-state index contributed by atoms with van der Waals surface area (Å²) in [5.74, 6) is 0. The van der Waals surface area contributed by atoms with E-state index in [9.17, 15) is 10.1 Å². The van der Waals surface area contributed by atoms with Crippen LogP contribution in [0.4, 0.5) is 5.69 Å². The van der Waals surface area contributed by atoms with Crippen LogP contribution in [0.2, 0.25) is 5.02 Å². The van der Waals surface area contributed by atoms with Crippen LogP contribution in [-0.2, 0) is 6.54 Å². The van der Waals surface area contributed by atoms with Crippen LogP contribution in [0.5, 0.6) is 0 Å². The molecule has 0 fully saturated rings. The summed E-state index contributed by atoms with van der Waals surface area (Å²) in [6.07, 6.45) is 0. The van der Waals surface area contributed by atoms with E-state index in [4.69, 9.17) is 11.6 Å². The summed E-state index contributed by atoms with van der Waals surface area (Å²) in [7, 11) is 0. The average molecular weight is 323 g/mol. The molecule has 0 atom stereocenters. The van der Waals surface area contributed by atoms with Crippen molar-refractivity contribution in [3.8, 4) is 0 Å². The number of hydrogen-bond donors (Lipinski definition) is 1. The molecule has 0 aliphatic carbocycles. The van der Waals surface area contributed by atoms with Crippen molar-refractivity contribution >= 4 is 29.1 Å². The Hall–Kier alpha value is -1.56. The second kappa shape index (κ2) is 7.45. The number of halogens is 1. The molecule has 2 aromatic rings. The fourth-order valence-electron chi connectivity index (χ4n) is 1.87. The van der Waals surface area contributed by atoms with Gasteiger partial charge in [0, 0.05) is 17.5 Å². The van der Waals surface area contributed by atoms with Crippen LogP contribution in [0.1, 0.15) is 12.5 Å². The van der Waals surface area contributed by atoms with Crippen LogP contribution in [0.3, 0.4) is 0 Å². The fraction of sp³-hybridized carbons (Fsp3) is 0.200. The van der Waals surface area contributed by atoms with E-state index in [0.717, 1.165) is 17.0 Å². The minimum Gasteiger partial charge on any atom is -0.313 e. The van der Waals surface area contributed by atoms with Gasteiger partial charge in [0.1, 0.15) is 0 Å². The first kappa shape index (κ1) is 15.8. The summed E-state index contributed by atoms with van der Waals surface area (Å²) in [6, 6.07) is 12.4. The van der Waals surface area contributed by atoms with Crippen molar-refractivity contribution in [1.29, 1.82) is 0 Å². The van der Waals surface area contributed by atoms with Crippen molar-refractivity contribution < 1.29 is 4.92 Å². The second-order valence-electron chi connectivity index (χ2n) is 4.34. The molecule has 21 heavy (non-hydrogen) atoms. The third kappa shape index (κ3) is 3.97. The Morgan fingerprint density at radius 3 is 2.71 bits per heavy atom. The molecule has 0 aliphatic rings. The highest BCUT2D eigenvalue weighted by Gasteiger charge is 2.16. The maximum atomic E-state index is 11.1. The molecule has 0 amide bonds. The Morgan fingerprint density at radius 1 is 1.24 bits per heavy atom. The van der Waals surface area contributed by atoms with E-state index in [-0.39, 0.29) is 10.6 Å². The van der Waals surface area contributed by atoms with E-state index in [2.05, 4.69) is 5.32 Å². The largest absolute Gasteiger partial charge is 0.313 e. The molecule has 0 saturated heterocycles. The smallest absolute Gasteiger partial charge is 0.283 e. The molecule has 6 heteroatoms. The van der Waals surface area contributed by atoms with Crippen LogP contribution in [0.15, 0.2) is 52.3 Å². The van der Waals surface area contributed by atoms with Gasteiger partial charge in [-0.05, 0) is 24.2 Å². The molecule has 0 radical (unpaired) electrons. The van der Waals surface area contributed by atoms with E-state index in [0.29, 0.717) is 16.5 Å². The van der Waals surface area contributed by atoms with Crippen molar-refractivity contribution in [2.24, 2.45) is 0 Å². The van der Waals surface area contributed by atoms with Crippen LogP contribution in [-0.4, -0.2) is 11.5 Å². The lowest BCUT2D eigenvalue weighted by Crippen LogP contribution is -2.12. The van der Waals surface area contributed by atoms with Gasteiger partial charge < -0.3 is 5.32 Å². The molecule has 0 unspecified atom stereocenters. The zero-order valence-electron chi connectivity index (χ0n) is 11.5. The van der Waals surface area contributed by atoms with Crippen molar-refractivity contribution in [1.82, 2.24) is 5.32 Å². The van der Waals surface area contributed by atoms with E-state index >= 15 is 0 Å². The Balaban J connectivity index is 2.37. The monoisotopic (exact) mass is 322 g/mol. The Labute approximate surface area is 132 Å². The molecule has 0 saturated carbocycles. The molecule has 2 aromatic carbocycles. The van der Waals surface area contributed by atoms with E-state index in [1.54, 1.807) is 24.3 Å². The topological polar surface area (TPSA) is 55.2 Å². The van der Waals surface area contributed by atoms with Gasteiger partial charge >= 0.3 is 0 Å². The molecule has 0 spiro atoms. The minimum absolute atomic E-state index is 0.0943. The quantitative estimate of drug-likeness (QED) is 0.628. The van der Waals surface area contributed by atoms with E-state index < -0.39 is 0 Å². The van der Waals surface area contributed by atoms with Crippen molar-refractivity contribution in [3.63, 3.8) is 0 Å². The summed E-state index contributed by atoms with van der Waals surface area (Å²) >= 11 is 7.60. The lowest BCUT2D eigenvalue weighted by atomic mass is 10.2. The highest BCUT2D eigenvalue weighted by Crippen LogP contribution is 2.39. The maximum absolute atomic E-state index is 11.1. The third-order valence-corrected chi connectivity index (χ3v) is 4.57. The zero-order chi connectivity index (χ0) is 15.2. The first-order valence-corrected chi connectivity index (χ1v) is 7.72. The molecule has 0 aliphatic heterocycles. The van der Waals surface area contributed by atoms with Crippen LogP contribution < -0.4 is 5.32 Å². The average Bonchev–Trinajstić information content (AvgIpc) is 2.48. The molecule has 0 aromatic heterocycles. The zero-order valence-corrected chi connectivity index (χ0v) is 13.1. The van der Waals surface area contributed by atoms with Crippen molar-refractivity contribution in [3.05, 3.63) is 63.2 Å². The second-order valence-corrected chi connectivity index (χ2v) is 5.79. The number of nitrogens with zero attached hydrogens (tertiary/aromatic N) is 1. The summed E-state index contributed by atoms with van der Waals surface area (Å²) in [5.41, 5.74) is 1.13. The Kier molecular flexibility index (Phi) is 5.61. The Bertz CT molecular complexity index is 649. The molecular formula is C15H15ClN2O2S. The first-order chi connectivity index (χ1) is 10.1. The number of para-hydroxylation sites is 1. The minimum atomic E-state index is -0.372. The van der Waals surface area contributed by atoms with E-state index in [1.165, 1.54) is 17.8 Å². The van der Waals surface area contributed by atoms with Gasteiger partial charge in [-0.2, -0.15) is 0 Å². The molecule has 0 bridgehead atoms. The molecule has 110 valence electrons. The van der Waals surface area contributed by atoms with Gasteiger partial charge in [0.15, 0.2) is 0 Å². The van der Waals surface area contributed by atoms with Gasteiger partial charge in [0.25, 0.3) is 5.69 Å². The maximum Gasteiger partial charge on any atom is 0.283 e. The van der Waals surface area contributed by atoms with Crippen LogP contribution in [0, 0.1) is 10.1 Å². The molecule has 2 rings (SSSR count). The Morgan fingerprint density at radius 2 is 2.00 bits per heavy atom. The summed E-state index contributed by atoms with van der Waals surface area (Å²) in [5, 5.41) is 15.0. The number of rotatable bonds is 6. The molecular weight excluding hydrogens is 308 g/mol. The van der Waals surface area contributed by atoms with Crippen molar-refractivity contribution in [2.75, 3.05) is 6.54 Å². The van der Waals surface area contributed by atoms with Gasteiger partial charge in [0.05, 0.1) is 14.8 Å². The predicted molar refractivity (Wildman–Crippen MR) is 86.1 cm³/mol. The standard InChI is InChI=1S/C15H15ClN2O2S/c1-2-17-10-11-6-5-7-12(16)15(11)21-14-9-4-3-8-13(14)18(19)20/h3-9,17H,2,10H2,1H3. The van der Waals surface area contributed by atoms with Gasteiger partial charge in [-0.25, -0.2) is 0 Å². The highest BCUT2D eigenvalue weighted by molar-refractivity contribution is 7.99. The first-order valence-electron chi connectivity index (χ1n) is 6.53. The number of nitro groups is 1. The molecule has 4 nitrogen and oxygen atoms in total. The summed E-state index contributed by atoms with van der Waals surface area (Å²) < 4.78 is 0. The fourth-order valence-corrected chi connectivity index (χ4v) is 3.23. The molecule has 0 heterocycles. The van der Waals surface area contributed by atoms with Crippen molar-refractivity contribution in [2.45, 2.75) is 23.3 Å². The number of benzene rings is 2. The predicted octanol–water partition coefficient (Wildman–Crippen LogP) is 4.51. The lowest BCUT2D eigenvalue weighted by Gasteiger charge is -2.11. The lowest BCUT2D eigenvalue weighted by molar-refractivity contribution is -0.387. The molecule has 1 N–H and O–H groups in total. The summed E-state index contributed by atoms with van der Waals surface area (Å²) in [6.45, 7) is 3.56. The van der Waals surface area contributed by atoms with Gasteiger partial charge in [-0.3, -0.25) is 10.1 Å². The van der Waals surface area contributed by atoms with Gasteiger partial charge in [-0.1, -0.05) is 54.6 Å². The van der Waals surface area contributed by atoms with Crippen LogP contribution >= 0.6 is 23.4 Å². The number of hydrogen-bond acceptors (Lipinski definition) is 4. The van der Waals surface area contributed by atoms with Gasteiger partial charge in [-0.15, -0.1) is 0 Å². The SMILES string of the molecule is CCNCc1cccc(Cl)c1Sc1ccccc1[N+](=O)[O-]. The van der Waals surface area contributed by atoms with Gasteiger partial charge in [0.2, 0.25) is 0 Å². The number of nitro benzene ring substituents is 1. The summed E-state index contributed by atoms with van der Waals surface area (Å²) in [4.78, 5) is 12.2. The normalized spacial score (nSPS) is 10.6.